The maximum absolute atomic E-state index is 10.4. The van der Waals surface area contributed by atoms with Crippen LogP contribution in [0.15, 0.2) is 48.7 Å². The van der Waals surface area contributed by atoms with E-state index >= 15 is 0 Å². The molecule has 1 aromatic carbocycles. The van der Waals surface area contributed by atoms with Crippen molar-refractivity contribution in [1.29, 1.82) is 0 Å². The summed E-state index contributed by atoms with van der Waals surface area (Å²) in [5.74, 6) is 0.570. The molecular weight excluding hydrogens is 240 g/mol. The van der Waals surface area contributed by atoms with Crippen LogP contribution in [-0.2, 0) is 5.60 Å². The summed E-state index contributed by atoms with van der Waals surface area (Å²) in [4.78, 5) is 4.10. The van der Waals surface area contributed by atoms with Crippen LogP contribution in [0.4, 0.5) is 5.69 Å². The summed E-state index contributed by atoms with van der Waals surface area (Å²) >= 11 is 0. The van der Waals surface area contributed by atoms with Crippen molar-refractivity contribution in [2.24, 2.45) is 0 Å². The molecule has 0 amide bonds. The van der Waals surface area contributed by atoms with Crippen LogP contribution >= 0.6 is 0 Å². The van der Waals surface area contributed by atoms with Crippen LogP contribution in [0.1, 0.15) is 12.5 Å². The van der Waals surface area contributed by atoms with Crippen molar-refractivity contribution in [3.8, 4) is 5.88 Å². The number of anilines is 1. The van der Waals surface area contributed by atoms with Crippen LogP contribution in [0, 0.1) is 0 Å². The van der Waals surface area contributed by atoms with E-state index in [2.05, 4.69) is 10.3 Å². The molecule has 0 radical (unpaired) electrons. The predicted molar refractivity (Wildman–Crippen MR) is 75.3 cm³/mol. The Bertz CT molecular complexity index is 509. The Labute approximate surface area is 113 Å². The molecule has 2 aromatic rings. The van der Waals surface area contributed by atoms with E-state index in [1.54, 1.807) is 26.3 Å². The minimum Gasteiger partial charge on any atom is -0.481 e. The molecule has 1 unspecified atom stereocenters. The predicted octanol–water partition coefficient (Wildman–Crippen LogP) is 2.41. The third-order valence-corrected chi connectivity index (χ3v) is 2.98. The van der Waals surface area contributed by atoms with Gasteiger partial charge in [-0.1, -0.05) is 30.3 Å². The van der Waals surface area contributed by atoms with Gasteiger partial charge < -0.3 is 15.2 Å². The molecule has 100 valence electrons. The van der Waals surface area contributed by atoms with E-state index in [-0.39, 0.29) is 0 Å². The summed E-state index contributed by atoms with van der Waals surface area (Å²) in [7, 11) is 1.58. The topological polar surface area (TPSA) is 54.4 Å². The van der Waals surface area contributed by atoms with Gasteiger partial charge in [0.25, 0.3) is 0 Å². The van der Waals surface area contributed by atoms with Gasteiger partial charge in [-0.25, -0.2) is 4.98 Å². The second-order valence-electron chi connectivity index (χ2n) is 4.58. The number of ether oxygens (including phenoxy) is 1. The van der Waals surface area contributed by atoms with Gasteiger partial charge in [0.15, 0.2) is 0 Å². The van der Waals surface area contributed by atoms with Crippen LogP contribution < -0.4 is 10.1 Å². The second-order valence-corrected chi connectivity index (χ2v) is 4.58. The standard InChI is InChI=1S/C15H18N2O2/c1-15(18,12-6-4-3-5-7-12)11-17-13-8-9-14(19-2)16-10-13/h3-10,17-18H,11H2,1-2H3. The monoisotopic (exact) mass is 258 g/mol. The summed E-state index contributed by atoms with van der Waals surface area (Å²) in [6, 6.07) is 13.2. The lowest BCUT2D eigenvalue weighted by atomic mass is 9.96. The van der Waals surface area contributed by atoms with E-state index in [0.29, 0.717) is 12.4 Å². The van der Waals surface area contributed by atoms with Crippen molar-refractivity contribution in [2.75, 3.05) is 19.0 Å². The molecule has 0 aliphatic rings. The molecule has 19 heavy (non-hydrogen) atoms. The van der Waals surface area contributed by atoms with Crippen molar-refractivity contribution in [3.05, 3.63) is 54.2 Å². The molecule has 0 bridgehead atoms. The van der Waals surface area contributed by atoms with E-state index in [1.165, 1.54) is 0 Å². The molecule has 0 aliphatic carbocycles. The molecule has 1 atom stereocenters. The lowest BCUT2D eigenvalue weighted by molar-refractivity contribution is 0.0715. The zero-order valence-electron chi connectivity index (χ0n) is 11.1. The first kappa shape index (κ1) is 13.4. The van der Waals surface area contributed by atoms with E-state index in [0.717, 1.165) is 11.3 Å². The van der Waals surface area contributed by atoms with Gasteiger partial charge in [-0.3, -0.25) is 0 Å². The molecule has 4 heteroatoms. The number of aliphatic hydroxyl groups is 1. The first-order valence-electron chi connectivity index (χ1n) is 6.13. The number of hydrogen-bond acceptors (Lipinski definition) is 4. The molecule has 1 aromatic heterocycles. The summed E-state index contributed by atoms with van der Waals surface area (Å²) in [6.07, 6.45) is 1.68. The molecule has 0 saturated carbocycles. The molecule has 0 spiro atoms. The van der Waals surface area contributed by atoms with Gasteiger partial charge in [0.1, 0.15) is 5.60 Å². The van der Waals surface area contributed by atoms with Gasteiger partial charge in [0, 0.05) is 12.6 Å². The lowest BCUT2D eigenvalue weighted by Crippen LogP contribution is -2.30. The van der Waals surface area contributed by atoms with Gasteiger partial charge in [0.05, 0.1) is 19.0 Å². The Morgan fingerprint density at radius 1 is 1.21 bits per heavy atom. The Balaban J connectivity index is 2.01. The highest BCUT2D eigenvalue weighted by atomic mass is 16.5. The number of pyridine rings is 1. The average molecular weight is 258 g/mol. The zero-order valence-corrected chi connectivity index (χ0v) is 11.1. The molecule has 0 aliphatic heterocycles. The van der Waals surface area contributed by atoms with E-state index in [9.17, 15) is 5.11 Å². The SMILES string of the molecule is COc1ccc(NCC(C)(O)c2ccccc2)cn1. The summed E-state index contributed by atoms with van der Waals surface area (Å²) in [6.45, 7) is 2.19. The molecule has 1 heterocycles. The molecular formula is C15H18N2O2. The maximum atomic E-state index is 10.4. The minimum absolute atomic E-state index is 0.408. The van der Waals surface area contributed by atoms with Crippen LogP contribution in [0.2, 0.25) is 0 Å². The Kier molecular flexibility index (Phi) is 4.02. The number of methoxy groups -OCH3 is 1. The lowest BCUT2D eigenvalue weighted by Gasteiger charge is -2.24. The fourth-order valence-corrected chi connectivity index (χ4v) is 1.78. The number of nitrogens with one attached hydrogen (secondary N) is 1. The van der Waals surface area contributed by atoms with Gasteiger partial charge in [0.2, 0.25) is 5.88 Å². The molecule has 0 saturated heterocycles. The van der Waals surface area contributed by atoms with E-state index in [4.69, 9.17) is 4.74 Å². The van der Waals surface area contributed by atoms with Crippen molar-refractivity contribution < 1.29 is 9.84 Å². The van der Waals surface area contributed by atoms with Gasteiger partial charge in [-0.05, 0) is 18.6 Å². The first-order chi connectivity index (χ1) is 9.12. The number of benzene rings is 1. The van der Waals surface area contributed by atoms with Crippen molar-refractivity contribution in [1.82, 2.24) is 4.98 Å². The molecule has 2 N–H and O–H groups in total. The van der Waals surface area contributed by atoms with Crippen LogP contribution in [0.25, 0.3) is 0 Å². The first-order valence-corrected chi connectivity index (χ1v) is 6.13. The zero-order chi connectivity index (χ0) is 13.7. The maximum Gasteiger partial charge on any atom is 0.213 e. The third kappa shape index (κ3) is 3.45. The smallest absolute Gasteiger partial charge is 0.213 e. The van der Waals surface area contributed by atoms with Gasteiger partial charge in [-0.15, -0.1) is 0 Å². The fraction of sp³-hybridized carbons (Fsp3) is 0.267. The van der Waals surface area contributed by atoms with Crippen molar-refractivity contribution in [2.45, 2.75) is 12.5 Å². The number of rotatable bonds is 5. The van der Waals surface area contributed by atoms with Crippen LogP contribution in [-0.4, -0.2) is 23.7 Å². The minimum atomic E-state index is -0.929. The van der Waals surface area contributed by atoms with Crippen molar-refractivity contribution >= 4 is 5.69 Å². The summed E-state index contributed by atoms with van der Waals surface area (Å²) in [5.41, 5.74) is 0.794. The summed E-state index contributed by atoms with van der Waals surface area (Å²) < 4.78 is 5.00. The van der Waals surface area contributed by atoms with Crippen molar-refractivity contribution in [3.63, 3.8) is 0 Å². The second kappa shape index (κ2) is 5.71. The number of nitrogens with zero attached hydrogens (tertiary/aromatic N) is 1. The Morgan fingerprint density at radius 3 is 2.53 bits per heavy atom. The number of hydrogen-bond donors (Lipinski definition) is 2. The Hall–Kier alpha value is -2.07. The largest absolute Gasteiger partial charge is 0.481 e. The number of aromatic nitrogens is 1. The fourth-order valence-electron chi connectivity index (χ4n) is 1.78. The molecule has 0 fully saturated rings. The van der Waals surface area contributed by atoms with E-state index < -0.39 is 5.60 Å². The third-order valence-electron chi connectivity index (χ3n) is 2.98. The highest BCUT2D eigenvalue weighted by Crippen LogP contribution is 2.21. The Morgan fingerprint density at radius 2 is 1.95 bits per heavy atom. The normalized spacial score (nSPS) is 13.6. The quantitative estimate of drug-likeness (QED) is 0.864. The van der Waals surface area contributed by atoms with Crippen LogP contribution in [0.5, 0.6) is 5.88 Å². The highest BCUT2D eigenvalue weighted by Gasteiger charge is 2.22. The molecule has 4 nitrogen and oxygen atoms in total. The molecule has 2 rings (SSSR count). The average Bonchev–Trinajstić information content (AvgIpc) is 2.47. The summed E-state index contributed by atoms with van der Waals surface area (Å²) in [5, 5.41) is 13.6. The van der Waals surface area contributed by atoms with E-state index in [1.807, 2.05) is 36.4 Å². The van der Waals surface area contributed by atoms with Gasteiger partial charge >= 0.3 is 0 Å². The highest BCUT2D eigenvalue weighted by molar-refractivity contribution is 5.42. The van der Waals surface area contributed by atoms with Crippen LogP contribution in [0.3, 0.4) is 0 Å². The van der Waals surface area contributed by atoms with Gasteiger partial charge in [-0.2, -0.15) is 0 Å².